The van der Waals surface area contributed by atoms with Crippen molar-refractivity contribution in [1.29, 1.82) is 0 Å². The van der Waals surface area contributed by atoms with Crippen LogP contribution in [-0.4, -0.2) is 21.8 Å². The molecular weight excluding hydrogens is 395 g/mol. The summed E-state index contributed by atoms with van der Waals surface area (Å²) in [7, 11) is 0. The predicted octanol–water partition coefficient (Wildman–Crippen LogP) is 4.50. The van der Waals surface area contributed by atoms with Gasteiger partial charge in [0.05, 0.1) is 16.3 Å². The van der Waals surface area contributed by atoms with Crippen molar-refractivity contribution in [3.05, 3.63) is 101 Å². The van der Waals surface area contributed by atoms with Crippen molar-refractivity contribution >= 4 is 34.7 Å². The Kier molecular flexibility index (Phi) is 4.86. The summed E-state index contributed by atoms with van der Waals surface area (Å²) in [5, 5.41) is 10.7. The number of aliphatic hydroxyl groups is 1. The number of pyridine rings is 1. The van der Waals surface area contributed by atoms with Gasteiger partial charge in [-0.15, -0.1) is 0 Å². The lowest BCUT2D eigenvalue weighted by Gasteiger charge is -2.24. The smallest absolute Gasteiger partial charge is 0.300 e. The Balaban J connectivity index is 1.95. The maximum Gasteiger partial charge on any atom is 0.300 e. The highest BCUT2D eigenvalue weighted by Crippen LogP contribution is 2.42. The van der Waals surface area contributed by atoms with E-state index >= 15 is 0 Å². The zero-order chi connectivity index (χ0) is 20.5. The summed E-state index contributed by atoms with van der Waals surface area (Å²) in [4.78, 5) is 31.2. The van der Waals surface area contributed by atoms with E-state index in [4.69, 9.17) is 11.6 Å². The minimum absolute atomic E-state index is 0.0969. The summed E-state index contributed by atoms with van der Waals surface area (Å²) < 4.78 is 13.6. The van der Waals surface area contributed by atoms with E-state index < -0.39 is 23.5 Å². The van der Waals surface area contributed by atoms with E-state index in [2.05, 4.69) is 4.98 Å². The van der Waals surface area contributed by atoms with Crippen molar-refractivity contribution in [1.82, 2.24) is 4.98 Å². The molecule has 0 bridgehead atoms. The second-order valence-corrected chi connectivity index (χ2v) is 6.80. The number of nitrogens with zero attached hydrogens (tertiary/aromatic N) is 2. The zero-order valence-corrected chi connectivity index (χ0v) is 15.7. The average Bonchev–Trinajstić information content (AvgIpc) is 3.02. The second kappa shape index (κ2) is 7.48. The van der Waals surface area contributed by atoms with Crippen molar-refractivity contribution < 1.29 is 19.1 Å². The number of aliphatic hydroxyl groups excluding tert-OH is 1. The van der Waals surface area contributed by atoms with Gasteiger partial charge in [-0.1, -0.05) is 48.0 Å². The third-order valence-corrected chi connectivity index (χ3v) is 4.93. The first kappa shape index (κ1) is 18.8. The van der Waals surface area contributed by atoms with E-state index in [1.165, 1.54) is 23.2 Å². The SMILES string of the molecule is O=C1C(=O)N(c2ccc(F)c(Cl)c2)C(c2ccccn2)/C1=C(\O)c1ccccc1. The average molecular weight is 409 g/mol. The number of anilines is 1. The molecule has 0 aliphatic carbocycles. The molecule has 7 heteroatoms. The third-order valence-electron chi connectivity index (χ3n) is 4.64. The van der Waals surface area contributed by atoms with Crippen molar-refractivity contribution in [3.63, 3.8) is 0 Å². The van der Waals surface area contributed by atoms with Crippen LogP contribution in [0, 0.1) is 5.82 Å². The topological polar surface area (TPSA) is 70.5 Å². The Bertz CT molecular complexity index is 1130. The maximum atomic E-state index is 13.6. The molecule has 0 radical (unpaired) electrons. The first-order valence-electron chi connectivity index (χ1n) is 8.71. The fourth-order valence-corrected chi connectivity index (χ4v) is 3.48. The standard InChI is InChI=1S/C22H14ClFN2O3/c23-15-12-14(9-10-16(15)24)26-19(17-8-4-5-11-25-17)18(21(28)22(26)29)20(27)13-6-2-1-3-7-13/h1-12,19,27H/b20-18+. The number of amides is 1. The van der Waals surface area contributed by atoms with Crippen LogP contribution in [0.1, 0.15) is 17.3 Å². The molecule has 1 fully saturated rings. The maximum absolute atomic E-state index is 13.6. The van der Waals surface area contributed by atoms with Crippen LogP contribution in [0.5, 0.6) is 0 Å². The molecule has 1 aliphatic rings. The molecule has 2 aromatic carbocycles. The van der Waals surface area contributed by atoms with Gasteiger partial charge >= 0.3 is 0 Å². The molecule has 1 atom stereocenters. The number of carbonyl (C=O) groups excluding carboxylic acids is 2. The summed E-state index contributed by atoms with van der Waals surface area (Å²) in [5.74, 6) is -2.68. The van der Waals surface area contributed by atoms with Gasteiger partial charge in [-0.05, 0) is 30.3 Å². The number of hydrogen-bond acceptors (Lipinski definition) is 4. The van der Waals surface area contributed by atoms with Gasteiger partial charge in [0.15, 0.2) is 0 Å². The van der Waals surface area contributed by atoms with Crippen LogP contribution in [0.3, 0.4) is 0 Å². The molecule has 1 amide bonds. The van der Waals surface area contributed by atoms with Crippen LogP contribution < -0.4 is 4.90 Å². The first-order chi connectivity index (χ1) is 14.0. The molecule has 0 saturated carbocycles. The van der Waals surface area contributed by atoms with E-state index in [1.807, 2.05) is 0 Å². The van der Waals surface area contributed by atoms with Crippen LogP contribution in [-0.2, 0) is 9.59 Å². The zero-order valence-electron chi connectivity index (χ0n) is 14.9. The van der Waals surface area contributed by atoms with Gasteiger partial charge < -0.3 is 5.11 Å². The lowest BCUT2D eigenvalue weighted by atomic mass is 9.98. The highest BCUT2D eigenvalue weighted by atomic mass is 35.5. The number of aromatic nitrogens is 1. The van der Waals surface area contributed by atoms with Crippen molar-refractivity contribution in [3.8, 4) is 0 Å². The molecule has 0 spiro atoms. The molecule has 1 unspecified atom stereocenters. The Morgan fingerprint density at radius 3 is 2.41 bits per heavy atom. The van der Waals surface area contributed by atoms with Gasteiger partial charge in [0.1, 0.15) is 17.6 Å². The monoisotopic (exact) mass is 408 g/mol. The summed E-state index contributed by atoms with van der Waals surface area (Å²) >= 11 is 5.89. The highest BCUT2D eigenvalue weighted by Gasteiger charge is 2.47. The van der Waals surface area contributed by atoms with E-state index in [1.54, 1.807) is 48.5 Å². The number of rotatable bonds is 3. The number of Topliss-reactive ketones (excluding diaryl/α,β-unsaturated/α-hetero) is 1. The molecule has 1 aromatic heterocycles. The fraction of sp³-hybridized carbons (Fsp3) is 0.0455. The third kappa shape index (κ3) is 3.28. The van der Waals surface area contributed by atoms with E-state index in [-0.39, 0.29) is 22.0 Å². The summed E-state index contributed by atoms with van der Waals surface area (Å²) in [5.41, 5.74) is 0.898. The van der Waals surface area contributed by atoms with Crippen molar-refractivity contribution in [2.75, 3.05) is 4.90 Å². The molecule has 2 heterocycles. The van der Waals surface area contributed by atoms with Gasteiger partial charge in [-0.3, -0.25) is 19.5 Å². The Morgan fingerprint density at radius 1 is 1.03 bits per heavy atom. The molecule has 1 N–H and O–H groups in total. The number of benzene rings is 2. The van der Waals surface area contributed by atoms with Gasteiger partial charge in [0.2, 0.25) is 0 Å². The van der Waals surface area contributed by atoms with Gasteiger partial charge in [0, 0.05) is 17.4 Å². The molecule has 29 heavy (non-hydrogen) atoms. The van der Waals surface area contributed by atoms with E-state index in [9.17, 15) is 19.1 Å². The highest BCUT2D eigenvalue weighted by molar-refractivity contribution is 6.51. The van der Waals surface area contributed by atoms with Crippen LogP contribution in [0.15, 0.2) is 78.5 Å². The van der Waals surface area contributed by atoms with Crippen LogP contribution >= 0.6 is 11.6 Å². The molecule has 1 saturated heterocycles. The predicted molar refractivity (Wildman–Crippen MR) is 107 cm³/mol. The Morgan fingerprint density at radius 2 is 1.76 bits per heavy atom. The van der Waals surface area contributed by atoms with Crippen LogP contribution in [0.2, 0.25) is 5.02 Å². The molecule has 3 aromatic rings. The number of hydrogen-bond donors (Lipinski definition) is 1. The minimum Gasteiger partial charge on any atom is -0.507 e. The summed E-state index contributed by atoms with van der Waals surface area (Å²) in [6.07, 6.45) is 1.52. The second-order valence-electron chi connectivity index (χ2n) is 6.39. The van der Waals surface area contributed by atoms with E-state index in [0.29, 0.717) is 11.3 Å². The fourth-order valence-electron chi connectivity index (χ4n) is 3.30. The van der Waals surface area contributed by atoms with Crippen LogP contribution in [0.4, 0.5) is 10.1 Å². The molecule has 144 valence electrons. The van der Waals surface area contributed by atoms with Gasteiger partial charge in [0.25, 0.3) is 11.7 Å². The molecular formula is C22H14ClFN2O3. The van der Waals surface area contributed by atoms with Crippen molar-refractivity contribution in [2.45, 2.75) is 6.04 Å². The number of ketones is 1. The number of halogens is 2. The quantitative estimate of drug-likeness (QED) is 0.393. The Hall–Kier alpha value is -3.51. The lowest BCUT2D eigenvalue weighted by molar-refractivity contribution is -0.132. The summed E-state index contributed by atoms with van der Waals surface area (Å²) in [6.45, 7) is 0. The largest absolute Gasteiger partial charge is 0.507 e. The lowest BCUT2D eigenvalue weighted by Crippen LogP contribution is -2.29. The van der Waals surface area contributed by atoms with Gasteiger partial charge in [-0.2, -0.15) is 0 Å². The minimum atomic E-state index is -0.988. The number of carbonyl (C=O) groups is 2. The molecule has 4 rings (SSSR count). The van der Waals surface area contributed by atoms with E-state index in [0.717, 1.165) is 6.07 Å². The summed E-state index contributed by atoms with van der Waals surface area (Å²) in [6, 6.07) is 16.2. The molecule has 5 nitrogen and oxygen atoms in total. The van der Waals surface area contributed by atoms with Gasteiger partial charge in [-0.25, -0.2) is 4.39 Å². The van der Waals surface area contributed by atoms with Crippen LogP contribution in [0.25, 0.3) is 5.76 Å². The normalized spacial score (nSPS) is 18.3. The molecule has 1 aliphatic heterocycles. The Labute approximate surface area is 170 Å². The van der Waals surface area contributed by atoms with Crippen molar-refractivity contribution in [2.24, 2.45) is 0 Å². The first-order valence-corrected chi connectivity index (χ1v) is 9.09.